The quantitative estimate of drug-likeness (QED) is 0.716. The van der Waals surface area contributed by atoms with Crippen molar-refractivity contribution in [2.24, 2.45) is 11.8 Å². The molecule has 0 aromatic heterocycles. The molecule has 5 nitrogen and oxygen atoms in total. The van der Waals surface area contributed by atoms with Crippen LogP contribution in [-0.2, 0) is 21.0 Å². The van der Waals surface area contributed by atoms with E-state index in [-0.39, 0.29) is 18.9 Å². The standard InChI is InChI=1S/C15H21NO4/c1-11(2)8-13(15(18)19)9-14(17)16-20-10-12-6-4-3-5-7-12/h3-7,11,13H,8-10H2,1-2H3,(H,16,17)(H,18,19). The third-order valence-corrected chi connectivity index (χ3v) is 2.80. The highest BCUT2D eigenvalue weighted by Crippen LogP contribution is 2.15. The molecule has 0 fully saturated rings. The van der Waals surface area contributed by atoms with Crippen LogP contribution in [0.5, 0.6) is 0 Å². The van der Waals surface area contributed by atoms with Gasteiger partial charge in [0, 0.05) is 6.42 Å². The van der Waals surface area contributed by atoms with Gasteiger partial charge in [0.05, 0.1) is 12.5 Å². The molecular weight excluding hydrogens is 258 g/mol. The van der Waals surface area contributed by atoms with Crippen LogP contribution in [0.3, 0.4) is 0 Å². The molecule has 20 heavy (non-hydrogen) atoms. The summed E-state index contributed by atoms with van der Waals surface area (Å²) in [5.74, 6) is -1.80. The molecule has 0 bridgehead atoms. The summed E-state index contributed by atoms with van der Waals surface area (Å²) in [5, 5.41) is 9.05. The van der Waals surface area contributed by atoms with Gasteiger partial charge in [0.15, 0.2) is 0 Å². The molecule has 0 aliphatic heterocycles. The molecule has 2 N–H and O–H groups in total. The lowest BCUT2D eigenvalue weighted by Crippen LogP contribution is -2.29. The van der Waals surface area contributed by atoms with E-state index in [9.17, 15) is 9.59 Å². The maximum Gasteiger partial charge on any atom is 0.307 e. The van der Waals surface area contributed by atoms with Crippen LogP contribution >= 0.6 is 0 Å². The third-order valence-electron chi connectivity index (χ3n) is 2.80. The fourth-order valence-electron chi connectivity index (χ4n) is 1.88. The number of benzene rings is 1. The van der Waals surface area contributed by atoms with Crippen molar-refractivity contribution in [3.05, 3.63) is 35.9 Å². The molecule has 1 unspecified atom stereocenters. The van der Waals surface area contributed by atoms with E-state index in [2.05, 4.69) is 5.48 Å². The predicted molar refractivity (Wildman–Crippen MR) is 74.6 cm³/mol. The largest absolute Gasteiger partial charge is 0.481 e. The van der Waals surface area contributed by atoms with Crippen LogP contribution in [-0.4, -0.2) is 17.0 Å². The van der Waals surface area contributed by atoms with Crippen molar-refractivity contribution in [1.82, 2.24) is 5.48 Å². The van der Waals surface area contributed by atoms with Gasteiger partial charge in [-0.3, -0.25) is 14.4 Å². The van der Waals surface area contributed by atoms with Gasteiger partial charge in [0.2, 0.25) is 5.91 Å². The first-order valence-electron chi connectivity index (χ1n) is 6.66. The number of carboxylic acid groups (broad SMARTS) is 1. The van der Waals surface area contributed by atoms with E-state index in [0.29, 0.717) is 6.42 Å². The average Bonchev–Trinajstić information content (AvgIpc) is 2.38. The number of carbonyl (C=O) groups is 2. The normalized spacial score (nSPS) is 12.2. The number of carboxylic acids is 1. The minimum absolute atomic E-state index is 0.0672. The van der Waals surface area contributed by atoms with Gasteiger partial charge >= 0.3 is 5.97 Å². The molecule has 5 heteroatoms. The number of rotatable bonds is 8. The zero-order valence-electron chi connectivity index (χ0n) is 11.8. The van der Waals surface area contributed by atoms with E-state index in [1.807, 2.05) is 44.2 Å². The molecule has 1 aromatic rings. The second-order valence-electron chi connectivity index (χ2n) is 5.17. The summed E-state index contributed by atoms with van der Waals surface area (Å²) in [6, 6.07) is 9.41. The van der Waals surface area contributed by atoms with Crippen LogP contribution in [0.25, 0.3) is 0 Å². The average molecular weight is 279 g/mol. The Labute approximate surface area is 118 Å². The molecule has 0 aliphatic rings. The van der Waals surface area contributed by atoms with Crippen molar-refractivity contribution in [2.45, 2.75) is 33.3 Å². The van der Waals surface area contributed by atoms with E-state index in [0.717, 1.165) is 5.56 Å². The van der Waals surface area contributed by atoms with Crippen molar-refractivity contribution < 1.29 is 19.5 Å². The second kappa shape index (κ2) is 8.32. The molecule has 1 rings (SSSR count). The predicted octanol–water partition coefficient (Wildman–Crippen LogP) is 2.37. The summed E-state index contributed by atoms with van der Waals surface area (Å²) < 4.78 is 0. The Morgan fingerprint density at radius 2 is 1.90 bits per heavy atom. The van der Waals surface area contributed by atoms with Crippen LogP contribution in [0.4, 0.5) is 0 Å². The van der Waals surface area contributed by atoms with Gasteiger partial charge in [-0.2, -0.15) is 0 Å². The highest BCUT2D eigenvalue weighted by atomic mass is 16.6. The van der Waals surface area contributed by atoms with Crippen LogP contribution in [0.1, 0.15) is 32.3 Å². The Morgan fingerprint density at radius 1 is 1.25 bits per heavy atom. The van der Waals surface area contributed by atoms with Gasteiger partial charge in [-0.25, -0.2) is 5.48 Å². The zero-order chi connectivity index (χ0) is 15.0. The molecule has 1 aromatic carbocycles. The lowest BCUT2D eigenvalue weighted by molar-refractivity contribution is -0.147. The van der Waals surface area contributed by atoms with Crippen LogP contribution in [0.2, 0.25) is 0 Å². The maximum atomic E-state index is 11.6. The summed E-state index contributed by atoms with van der Waals surface area (Å²) in [7, 11) is 0. The van der Waals surface area contributed by atoms with Gasteiger partial charge in [-0.1, -0.05) is 44.2 Å². The monoisotopic (exact) mass is 279 g/mol. The first-order chi connectivity index (χ1) is 9.49. The van der Waals surface area contributed by atoms with Gasteiger partial charge < -0.3 is 5.11 Å². The summed E-state index contributed by atoms with van der Waals surface area (Å²) >= 11 is 0. The molecule has 0 saturated carbocycles. The second-order valence-corrected chi connectivity index (χ2v) is 5.17. The van der Waals surface area contributed by atoms with Gasteiger partial charge in [0.1, 0.15) is 0 Å². The number of carbonyl (C=O) groups excluding carboxylic acids is 1. The molecule has 0 saturated heterocycles. The van der Waals surface area contributed by atoms with E-state index in [1.165, 1.54) is 0 Å². The number of aliphatic carboxylic acids is 1. The van der Waals surface area contributed by atoms with Crippen molar-refractivity contribution >= 4 is 11.9 Å². The molecule has 110 valence electrons. The minimum Gasteiger partial charge on any atom is -0.481 e. The zero-order valence-corrected chi connectivity index (χ0v) is 11.8. The molecule has 0 heterocycles. The summed E-state index contributed by atoms with van der Waals surface area (Å²) in [6.07, 6.45) is 0.406. The number of hydroxylamine groups is 1. The lowest BCUT2D eigenvalue weighted by Gasteiger charge is -2.14. The molecule has 1 atom stereocenters. The molecule has 1 amide bonds. The number of nitrogens with one attached hydrogen (secondary N) is 1. The van der Waals surface area contributed by atoms with Crippen LogP contribution < -0.4 is 5.48 Å². The summed E-state index contributed by atoms with van der Waals surface area (Å²) in [5.41, 5.74) is 3.22. The summed E-state index contributed by atoms with van der Waals surface area (Å²) in [6.45, 7) is 4.12. The van der Waals surface area contributed by atoms with E-state index >= 15 is 0 Å². The van der Waals surface area contributed by atoms with Crippen molar-refractivity contribution in [3.8, 4) is 0 Å². The molecule has 0 aliphatic carbocycles. The van der Waals surface area contributed by atoms with Gasteiger partial charge in [0.25, 0.3) is 0 Å². The highest BCUT2D eigenvalue weighted by molar-refractivity contribution is 5.81. The number of amides is 1. The number of hydrogen-bond donors (Lipinski definition) is 2. The Morgan fingerprint density at radius 3 is 2.45 bits per heavy atom. The van der Waals surface area contributed by atoms with E-state index < -0.39 is 17.8 Å². The molecular formula is C15H21NO4. The summed E-state index contributed by atoms with van der Waals surface area (Å²) in [4.78, 5) is 27.7. The highest BCUT2D eigenvalue weighted by Gasteiger charge is 2.22. The first kappa shape index (κ1) is 16.2. The van der Waals surface area contributed by atoms with Gasteiger partial charge in [-0.05, 0) is 17.9 Å². The minimum atomic E-state index is -0.947. The van der Waals surface area contributed by atoms with Crippen molar-refractivity contribution in [3.63, 3.8) is 0 Å². The van der Waals surface area contributed by atoms with Gasteiger partial charge in [-0.15, -0.1) is 0 Å². The molecule has 0 spiro atoms. The third kappa shape index (κ3) is 6.33. The van der Waals surface area contributed by atoms with E-state index in [1.54, 1.807) is 0 Å². The fourth-order valence-corrected chi connectivity index (χ4v) is 1.88. The number of hydrogen-bond acceptors (Lipinski definition) is 3. The Bertz CT molecular complexity index is 431. The van der Waals surface area contributed by atoms with Crippen LogP contribution in [0.15, 0.2) is 30.3 Å². The van der Waals surface area contributed by atoms with E-state index in [4.69, 9.17) is 9.94 Å². The van der Waals surface area contributed by atoms with Crippen LogP contribution in [0, 0.1) is 11.8 Å². The molecule has 0 radical (unpaired) electrons. The SMILES string of the molecule is CC(C)CC(CC(=O)NOCc1ccccc1)C(=O)O. The fraction of sp³-hybridized carbons (Fsp3) is 0.467. The maximum absolute atomic E-state index is 11.6. The Balaban J connectivity index is 2.33. The van der Waals surface area contributed by atoms with Crippen molar-refractivity contribution in [1.29, 1.82) is 0 Å². The smallest absolute Gasteiger partial charge is 0.307 e. The topological polar surface area (TPSA) is 75.6 Å². The Kier molecular flexibility index (Phi) is 6.73. The van der Waals surface area contributed by atoms with Crippen molar-refractivity contribution in [2.75, 3.05) is 0 Å². The first-order valence-corrected chi connectivity index (χ1v) is 6.66. The lowest BCUT2D eigenvalue weighted by atomic mass is 9.94. The Hall–Kier alpha value is -1.88.